The highest BCUT2D eigenvalue weighted by Crippen LogP contribution is 2.21. The number of aryl methyl sites for hydroxylation is 1. The number of nitrogens with one attached hydrogen (secondary N) is 1. The third-order valence-corrected chi connectivity index (χ3v) is 5.06. The molecule has 0 radical (unpaired) electrons. The highest BCUT2D eigenvalue weighted by molar-refractivity contribution is 7.89. The molecule has 1 aliphatic rings. The third kappa shape index (κ3) is 3.25. The van der Waals surface area contributed by atoms with E-state index in [0.29, 0.717) is 42.2 Å². The first kappa shape index (κ1) is 15.9. The van der Waals surface area contributed by atoms with Crippen LogP contribution in [0, 0.1) is 18.3 Å². The Balaban J connectivity index is 0.00000180. The zero-order valence-corrected chi connectivity index (χ0v) is 12.2. The predicted molar refractivity (Wildman–Crippen MR) is 74.8 cm³/mol. The molecule has 19 heavy (non-hydrogen) atoms. The van der Waals surface area contributed by atoms with Crippen LogP contribution in [0.2, 0.25) is 0 Å². The second-order valence-corrected chi connectivity index (χ2v) is 6.15. The highest BCUT2D eigenvalue weighted by atomic mass is 35.5. The van der Waals surface area contributed by atoms with E-state index >= 15 is 0 Å². The lowest BCUT2D eigenvalue weighted by molar-refractivity contribution is 0.360. The van der Waals surface area contributed by atoms with Crippen molar-refractivity contribution in [1.82, 2.24) is 9.62 Å². The maximum Gasteiger partial charge on any atom is 0.243 e. The van der Waals surface area contributed by atoms with Gasteiger partial charge in [0.1, 0.15) is 0 Å². The summed E-state index contributed by atoms with van der Waals surface area (Å²) in [6, 6.07) is 6.68. The van der Waals surface area contributed by atoms with Gasteiger partial charge >= 0.3 is 0 Å². The molecule has 1 aliphatic heterocycles. The summed E-state index contributed by atoms with van der Waals surface area (Å²) in [5.41, 5.74) is 1.10. The molecule has 0 amide bonds. The first-order valence-corrected chi connectivity index (χ1v) is 7.21. The van der Waals surface area contributed by atoms with Gasteiger partial charge in [0.05, 0.1) is 16.5 Å². The highest BCUT2D eigenvalue weighted by Gasteiger charge is 2.27. The molecule has 1 fully saturated rings. The van der Waals surface area contributed by atoms with Crippen molar-refractivity contribution in [3.63, 3.8) is 0 Å². The SMILES string of the molecule is Cc1cc(C#N)ccc1S(=O)(=O)N1CCNCC1.Cl. The van der Waals surface area contributed by atoms with E-state index in [1.165, 1.54) is 10.4 Å². The van der Waals surface area contributed by atoms with Crippen LogP contribution in [0.3, 0.4) is 0 Å². The van der Waals surface area contributed by atoms with Crippen LogP contribution in [0.1, 0.15) is 11.1 Å². The fraction of sp³-hybridized carbons (Fsp3) is 0.417. The number of halogens is 1. The monoisotopic (exact) mass is 301 g/mol. The van der Waals surface area contributed by atoms with Gasteiger partial charge in [-0.15, -0.1) is 12.4 Å². The number of rotatable bonds is 2. The molecule has 1 N–H and O–H groups in total. The van der Waals surface area contributed by atoms with Crippen molar-refractivity contribution >= 4 is 22.4 Å². The van der Waals surface area contributed by atoms with Crippen LogP contribution in [0.15, 0.2) is 23.1 Å². The number of hydrogen-bond donors (Lipinski definition) is 1. The number of piperazine rings is 1. The van der Waals surface area contributed by atoms with Gasteiger partial charge in [0, 0.05) is 26.2 Å². The summed E-state index contributed by atoms with van der Waals surface area (Å²) in [7, 11) is -3.43. The van der Waals surface area contributed by atoms with E-state index in [0.717, 1.165) is 0 Å². The zero-order chi connectivity index (χ0) is 13.2. The maximum atomic E-state index is 12.4. The average Bonchev–Trinajstić information content (AvgIpc) is 2.39. The summed E-state index contributed by atoms with van der Waals surface area (Å²) in [6.07, 6.45) is 0. The van der Waals surface area contributed by atoms with Crippen LogP contribution in [0.5, 0.6) is 0 Å². The van der Waals surface area contributed by atoms with E-state index in [2.05, 4.69) is 5.32 Å². The first-order chi connectivity index (χ1) is 8.55. The minimum Gasteiger partial charge on any atom is -0.314 e. The molecule has 104 valence electrons. The summed E-state index contributed by atoms with van der Waals surface area (Å²) in [5, 5.41) is 11.9. The van der Waals surface area contributed by atoms with Crippen molar-refractivity contribution < 1.29 is 8.42 Å². The van der Waals surface area contributed by atoms with Gasteiger partial charge in [0.15, 0.2) is 0 Å². The third-order valence-electron chi connectivity index (χ3n) is 3.00. The molecule has 0 unspecified atom stereocenters. The summed E-state index contributed by atoms with van der Waals surface area (Å²) in [5.74, 6) is 0. The molecular weight excluding hydrogens is 286 g/mol. The van der Waals surface area contributed by atoms with Crippen LogP contribution in [-0.2, 0) is 10.0 Å². The summed E-state index contributed by atoms with van der Waals surface area (Å²) < 4.78 is 26.3. The molecule has 0 aromatic heterocycles. The summed E-state index contributed by atoms with van der Waals surface area (Å²) >= 11 is 0. The topological polar surface area (TPSA) is 73.2 Å². The fourth-order valence-electron chi connectivity index (χ4n) is 2.03. The van der Waals surface area contributed by atoms with Crippen LogP contribution in [0.4, 0.5) is 0 Å². The van der Waals surface area contributed by atoms with E-state index in [4.69, 9.17) is 5.26 Å². The molecule has 0 aliphatic carbocycles. The van der Waals surface area contributed by atoms with Gasteiger partial charge < -0.3 is 5.32 Å². The minimum atomic E-state index is -3.43. The molecule has 2 rings (SSSR count). The molecule has 0 saturated carbocycles. The number of hydrogen-bond acceptors (Lipinski definition) is 4. The Bertz CT molecular complexity index is 589. The molecule has 1 saturated heterocycles. The van der Waals surface area contributed by atoms with Gasteiger partial charge in [-0.2, -0.15) is 9.57 Å². The Hall–Kier alpha value is -1.13. The van der Waals surface area contributed by atoms with E-state index in [1.807, 2.05) is 6.07 Å². The predicted octanol–water partition coefficient (Wildman–Crippen LogP) is 0.882. The van der Waals surface area contributed by atoms with E-state index in [-0.39, 0.29) is 12.4 Å². The normalized spacial score (nSPS) is 16.4. The second kappa shape index (κ2) is 6.35. The lowest BCUT2D eigenvalue weighted by atomic mass is 10.2. The molecule has 1 aromatic rings. The Morgan fingerprint density at radius 2 is 1.95 bits per heavy atom. The number of sulfonamides is 1. The van der Waals surface area contributed by atoms with Crippen molar-refractivity contribution in [2.45, 2.75) is 11.8 Å². The van der Waals surface area contributed by atoms with Crippen molar-refractivity contribution in [3.05, 3.63) is 29.3 Å². The van der Waals surface area contributed by atoms with Crippen LogP contribution in [0.25, 0.3) is 0 Å². The Morgan fingerprint density at radius 3 is 2.47 bits per heavy atom. The molecule has 1 heterocycles. The molecule has 1 aromatic carbocycles. The maximum absolute atomic E-state index is 12.4. The van der Waals surface area contributed by atoms with Crippen LogP contribution >= 0.6 is 12.4 Å². The summed E-state index contributed by atoms with van der Waals surface area (Å²) in [4.78, 5) is 0.295. The van der Waals surface area contributed by atoms with E-state index in [1.54, 1.807) is 19.1 Å². The second-order valence-electron chi connectivity index (χ2n) is 4.25. The lowest BCUT2D eigenvalue weighted by Gasteiger charge is -2.27. The van der Waals surface area contributed by atoms with Gasteiger partial charge in [-0.25, -0.2) is 8.42 Å². The van der Waals surface area contributed by atoms with Crippen molar-refractivity contribution in [2.75, 3.05) is 26.2 Å². The van der Waals surface area contributed by atoms with Crippen molar-refractivity contribution in [3.8, 4) is 6.07 Å². The van der Waals surface area contributed by atoms with Gasteiger partial charge in [-0.1, -0.05) is 0 Å². The van der Waals surface area contributed by atoms with Crippen molar-refractivity contribution in [2.24, 2.45) is 0 Å². The molecule has 0 bridgehead atoms. The Morgan fingerprint density at radius 1 is 1.32 bits per heavy atom. The van der Waals surface area contributed by atoms with Crippen LogP contribution in [-0.4, -0.2) is 38.9 Å². The fourth-order valence-corrected chi connectivity index (χ4v) is 3.68. The van der Waals surface area contributed by atoms with Gasteiger partial charge in [0.25, 0.3) is 0 Å². The van der Waals surface area contributed by atoms with Gasteiger partial charge in [-0.3, -0.25) is 0 Å². The molecule has 0 spiro atoms. The molecular formula is C12H16ClN3O2S. The Kier molecular flexibility index (Phi) is 5.32. The van der Waals surface area contributed by atoms with E-state index < -0.39 is 10.0 Å². The largest absolute Gasteiger partial charge is 0.314 e. The van der Waals surface area contributed by atoms with Gasteiger partial charge in [0.2, 0.25) is 10.0 Å². The average molecular weight is 302 g/mol. The number of nitrogens with zero attached hydrogens (tertiary/aromatic N) is 2. The smallest absolute Gasteiger partial charge is 0.243 e. The number of nitriles is 1. The zero-order valence-electron chi connectivity index (χ0n) is 10.6. The van der Waals surface area contributed by atoms with Crippen molar-refractivity contribution in [1.29, 1.82) is 5.26 Å². The molecule has 0 atom stereocenters. The van der Waals surface area contributed by atoms with Gasteiger partial charge in [-0.05, 0) is 30.7 Å². The molecule has 7 heteroatoms. The van der Waals surface area contributed by atoms with Crippen LogP contribution < -0.4 is 5.32 Å². The molecule has 5 nitrogen and oxygen atoms in total. The minimum absolute atomic E-state index is 0. The standard InChI is InChI=1S/C12H15N3O2S.ClH/c1-10-8-11(9-13)2-3-12(10)18(16,17)15-6-4-14-5-7-15;/h2-3,8,14H,4-7H2,1H3;1H. The van der Waals surface area contributed by atoms with E-state index in [9.17, 15) is 8.42 Å². The first-order valence-electron chi connectivity index (χ1n) is 5.77. The number of benzene rings is 1. The Labute approximate surface area is 119 Å². The quantitative estimate of drug-likeness (QED) is 0.880. The summed E-state index contributed by atoms with van der Waals surface area (Å²) in [6.45, 7) is 4.04. The lowest BCUT2D eigenvalue weighted by Crippen LogP contribution is -2.46.